The van der Waals surface area contributed by atoms with Crippen molar-refractivity contribution in [3.8, 4) is 0 Å². The van der Waals surface area contributed by atoms with Gasteiger partial charge in [0.2, 0.25) is 11.8 Å². The van der Waals surface area contributed by atoms with Crippen LogP contribution in [0.25, 0.3) is 0 Å². The van der Waals surface area contributed by atoms with E-state index in [0.717, 1.165) is 25.7 Å². The van der Waals surface area contributed by atoms with Gasteiger partial charge in [0.25, 0.3) is 0 Å². The zero-order valence-corrected chi connectivity index (χ0v) is 22.4. The van der Waals surface area contributed by atoms with E-state index in [1.807, 2.05) is 0 Å². The van der Waals surface area contributed by atoms with Gasteiger partial charge in [-0.3, -0.25) is 9.59 Å². The monoisotopic (exact) mass is 510 g/mol. The average Bonchev–Trinajstić information content (AvgIpc) is 2.74. The number of rotatable bonds is 17. The Balaban J connectivity index is 4.60. The molecule has 2 unspecified atom stereocenters. The Bertz CT molecular complexity index is 804. The Hall–Kier alpha value is -2.75. The number of carbonyl (C=O) groups is 4. The standard InChI is InChI=1S/C25H42N4O5S/c1-17(2)8-6-9-18(3)10-7-11-19(4)13-15-35-16-22(24(32)33)29-23(31)21(28-20(5)30)12-14-27-25(26)34/h8,10,13,21-22H,6-7,9,11-12,14-16H2,1-5H3,(H,28,30)(H,29,31)(H,32,33)(H3,26,27,34). The molecule has 0 fully saturated rings. The first kappa shape index (κ1) is 32.2. The number of carboxylic acids is 1. The molecule has 0 spiro atoms. The fourth-order valence-corrected chi connectivity index (χ4v) is 4.03. The molecule has 0 saturated heterocycles. The summed E-state index contributed by atoms with van der Waals surface area (Å²) in [5.74, 6) is -1.41. The van der Waals surface area contributed by atoms with E-state index in [4.69, 9.17) is 5.73 Å². The van der Waals surface area contributed by atoms with Crippen LogP contribution in [0.4, 0.5) is 4.79 Å². The van der Waals surface area contributed by atoms with Gasteiger partial charge >= 0.3 is 12.0 Å². The van der Waals surface area contributed by atoms with E-state index in [1.54, 1.807) is 0 Å². The van der Waals surface area contributed by atoms with Crippen molar-refractivity contribution in [2.75, 3.05) is 18.1 Å². The van der Waals surface area contributed by atoms with Gasteiger partial charge in [0.15, 0.2) is 0 Å². The predicted molar refractivity (Wildman–Crippen MR) is 142 cm³/mol. The number of nitrogens with two attached hydrogens (primary N) is 1. The van der Waals surface area contributed by atoms with Crippen LogP contribution in [0.15, 0.2) is 34.9 Å². The molecule has 2 atom stereocenters. The number of hydrogen-bond donors (Lipinski definition) is 5. The summed E-state index contributed by atoms with van der Waals surface area (Å²) in [4.78, 5) is 46.3. The highest BCUT2D eigenvalue weighted by atomic mass is 32.2. The van der Waals surface area contributed by atoms with E-state index in [1.165, 1.54) is 35.4 Å². The van der Waals surface area contributed by atoms with Crippen molar-refractivity contribution in [2.24, 2.45) is 5.73 Å². The van der Waals surface area contributed by atoms with Crippen LogP contribution in [-0.2, 0) is 14.4 Å². The molecule has 0 aliphatic rings. The van der Waals surface area contributed by atoms with Gasteiger partial charge in [-0.2, -0.15) is 11.8 Å². The molecule has 9 nitrogen and oxygen atoms in total. The molecule has 0 aliphatic heterocycles. The molecule has 0 aromatic heterocycles. The second kappa shape index (κ2) is 18.6. The summed E-state index contributed by atoms with van der Waals surface area (Å²) in [5.41, 5.74) is 8.95. The molecule has 0 bridgehead atoms. The number of amides is 4. The van der Waals surface area contributed by atoms with E-state index >= 15 is 0 Å². The fraction of sp³-hybridized carbons (Fsp3) is 0.600. The lowest BCUT2D eigenvalue weighted by molar-refractivity contribution is -0.141. The summed E-state index contributed by atoms with van der Waals surface area (Å²) in [6.07, 6.45) is 10.7. The summed E-state index contributed by atoms with van der Waals surface area (Å²) < 4.78 is 0. The van der Waals surface area contributed by atoms with Crippen LogP contribution in [0.2, 0.25) is 0 Å². The first-order valence-electron chi connectivity index (χ1n) is 11.8. The van der Waals surface area contributed by atoms with Crippen LogP contribution in [0.5, 0.6) is 0 Å². The summed E-state index contributed by atoms with van der Waals surface area (Å²) >= 11 is 1.41. The third kappa shape index (κ3) is 18.3. The number of aliphatic carboxylic acids is 1. The highest BCUT2D eigenvalue weighted by molar-refractivity contribution is 7.99. The van der Waals surface area contributed by atoms with E-state index < -0.39 is 35.9 Å². The van der Waals surface area contributed by atoms with Crippen molar-refractivity contribution in [3.63, 3.8) is 0 Å². The molecule has 6 N–H and O–H groups in total. The minimum absolute atomic E-state index is 0.0639. The molecule has 0 aromatic carbocycles. The molecular formula is C25H42N4O5S. The Morgan fingerprint density at radius 3 is 2.03 bits per heavy atom. The average molecular weight is 511 g/mol. The third-order valence-corrected chi connectivity index (χ3v) is 5.97. The topological polar surface area (TPSA) is 151 Å². The van der Waals surface area contributed by atoms with Crippen molar-refractivity contribution in [1.82, 2.24) is 16.0 Å². The maximum atomic E-state index is 12.5. The number of urea groups is 1. The van der Waals surface area contributed by atoms with E-state index in [0.29, 0.717) is 5.75 Å². The Morgan fingerprint density at radius 2 is 1.49 bits per heavy atom. The van der Waals surface area contributed by atoms with Gasteiger partial charge in [-0.05, 0) is 59.8 Å². The molecular weight excluding hydrogens is 468 g/mol. The SMILES string of the molecule is CC(=O)NC(CCNC(N)=O)C(=O)NC(CSCC=C(C)CCC=C(C)CCC=C(C)C)C(=O)O. The van der Waals surface area contributed by atoms with E-state index in [-0.39, 0.29) is 18.7 Å². The smallest absolute Gasteiger partial charge is 0.327 e. The van der Waals surface area contributed by atoms with Crippen LogP contribution in [0.1, 0.15) is 66.7 Å². The molecule has 198 valence electrons. The maximum Gasteiger partial charge on any atom is 0.327 e. The van der Waals surface area contributed by atoms with Crippen LogP contribution in [0.3, 0.4) is 0 Å². The van der Waals surface area contributed by atoms with Crippen LogP contribution >= 0.6 is 11.8 Å². The number of carbonyl (C=O) groups excluding carboxylic acids is 3. The van der Waals surface area contributed by atoms with E-state index in [2.05, 4.69) is 61.9 Å². The van der Waals surface area contributed by atoms with Gasteiger partial charge < -0.3 is 26.8 Å². The van der Waals surface area contributed by atoms with Crippen molar-refractivity contribution in [2.45, 2.75) is 78.8 Å². The normalized spacial score (nSPS) is 13.4. The number of allylic oxidation sites excluding steroid dienone is 5. The second-order valence-corrected chi connectivity index (χ2v) is 9.80. The van der Waals surface area contributed by atoms with Gasteiger partial charge in [-0.1, -0.05) is 34.9 Å². The molecule has 10 heteroatoms. The fourth-order valence-electron chi connectivity index (χ4n) is 3.03. The molecule has 0 heterocycles. The summed E-state index contributed by atoms with van der Waals surface area (Å²) in [6.45, 7) is 9.73. The molecule has 0 aromatic rings. The zero-order chi connectivity index (χ0) is 26.8. The number of primary amides is 1. The summed E-state index contributed by atoms with van der Waals surface area (Å²) in [7, 11) is 0. The molecule has 35 heavy (non-hydrogen) atoms. The molecule has 0 saturated carbocycles. The highest BCUT2D eigenvalue weighted by Gasteiger charge is 2.25. The van der Waals surface area contributed by atoms with Crippen LogP contribution in [-0.4, -0.2) is 59.1 Å². The summed E-state index contributed by atoms with van der Waals surface area (Å²) in [6, 6.07) is -2.83. The summed E-state index contributed by atoms with van der Waals surface area (Å²) in [5, 5.41) is 16.8. The third-order valence-electron chi connectivity index (χ3n) is 5.00. The lowest BCUT2D eigenvalue weighted by Crippen LogP contribution is -2.53. The first-order chi connectivity index (χ1) is 16.4. The Morgan fingerprint density at radius 1 is 0.886 bits per heavy atom. The quantitative estimate of drug-likeness (QED) is 0.150. The Kier molecular flexibility index (Phi) is 17.1. The highest BCUT2D eigenvalue weighted by Crippen LogP contribution is 2.13. The molecule has 0 radical (unpaired) electrons. The van der Waals surface area contributed by atoms with Gasteiger partial charge in [0, 0.05) is 25.0 Å². The van der Waals surface area contributed by atoms with Crippen LogP contribution < -0.4 is 21.7 Å². The number of nitrogens with one attached hydrogen (secondary N) is 3. The van der Waals surface area contributed by atoms with Crippen molar-refractivity contribution in [1.29, 1.82) is 0 Å². The van der Waals surface area contributed by atoms with Gasteiger partial charge in [0.05, 0.1) is 0 Å². The van der Waals surface area contributed by atoms with Gasteiger partial charge in [-0.15, -0.1) is 0 Å². The number of carboxylic acid groups (broad SMARTS) is 1. The number of hydrogen-bond acceptors (Lipinski definition) is 5. The van der Waals surface area contributed by atoms with Gasteiger partial charge in [-0.25, -0.2) is 9.59 Å². The maximum absolute atomic E-state index is 12.5. The second-order valence-electron chi connectivity index (χ2n) is 8.73. The first-order valence-corrected chi connectivity index (χ1v) is 12.9. The zero-order valence-electron chi connectivity index (χ0n) is 21.6. The lowest BCUT2D eigenvalue weighted by Gasteiger charge is -2.21. The minimum Gasteiger partial charge on any atom is -0.480 e. The molecule has 0 aliphatic carbocycles. The van der Waals surface area contributed by atoms with Crippen molar-refractivity contribution >= 4 is 35.6 Å². The van der Waals surface area contributed by atoms with Crippen LogP contribution in [0, 0.1) is 0 Å². The predicted octanol–water partition coefficient (Wildman–Crippen LogP) is 3.27. The van der Waals surface area contributed by atoms with Gasteiger partial charge in [0.1, 0.15) is 12.1 Å². The Labute approximate surface area is 213 Å². The molecule has 0 rings (SSSR count). The molecule has 4 amide bonds. The minimum atomic E-state index is -1.16. The van der Waals surface area contributed by atoms with Crippen molar-refractivity contribution < 1.29 is 24.3 Å². The largest absolute Gasteiger partial charge is 0.480 e. The lowest BCUT2D eigenvalue weighted by atomic mass is 10.1. The van der Waals surface area contributed by atoms with Crippen molar-refractivity contribution in [3.05, 3.63) is 34.9 Å². The van der Waals surface area contributed by atoms with E-state index in [9.17, 15) is 24.3 Å². The number of thioether (sulfide) groups is 1.